The number of hydrogen-bond donors (Lipinski definition) is 3. The number of piperidine rings is 2. The first-order valence-electron chi connectivity index (χ1n) is 25.1. The fourth-order valence-corrected chi connectivity index (χ4v) is 10.2. The molecular formula is C60H72FN5O3. The number of rotatable bonds is 16. The molecule has 0 saturated carbocycles. The van der Waals surface area contributed by atoms with Gasteiger partial charge in [0.05, 0.1) is 30.8 Å². The van der Waals surface area contributed by atoms with Crippen LogP contribution in [0.25, 0.3) is 11.0 Å². The molecule has 8 nitrogen and oxygen atoms in total. The van der Waals surface area contributed by atoms with Crippen LogP contribution in [0, 0.1) is 11.7 Å². The molecule has 6 aromatic carbocycles. The predicted octanol–water partition coefficient (Wildman–Crippen LogP) is 11.8. The molecule has 1 aromatic heterocycles. The predicted molar refractivity (Wildman–Crippen MR) is 279 cm³/mol. The Kier molecular flexibility index (Phi) is 16.7. The van der Waals surface area contributed by atoms with Gasteiger partial charge in [-0.05, 0) is 146 Å². The van der Waals surface area contributed by atoms with E-state index in [-0.39, 0.29) is 17.2 Å². The van der Waals surface area contributed by atoms with Crippen molar-refractivity contribution < 1.29 is 19.3 Å². The molecule has 69 heavy (non-hydrogen) atoms. The molecule has 3 heterocycles. The minimum atomic E-state index is -0.968. The second kappa shape index (κ2) is 23.2. The molecule has 0 amide bonds. The molecule has 0 spiro atoms. The van der Waals surface area contributed by atoms with Crippen molar-refractivity contribution >= 4 is 17.0 Å². The maximum atomic E-state index is 13.4. The lowest BCUT2D eigenvalue weighted by molar-refractivity contribution is -0.0146. The molecule has 2 aliphatic heterocycles. The van der Waals surface area contributed by atoms with E-state index >= 15 is 0 Å². The van der Waals surface area contributed by atoms with Gasteiger partial charge in [0.2, 0.25) is 5.95 Å². The number of fused-ring (bicyclic) bond motifs is 1. The zero-order chi connectivity index (χ0) is 48.2. The third-order valence-electron chi connectivity index (χ3n) is 14.4. The quantitative estimate of drug-likeness (QED) is 0.0890. The zero-order valence-corrected chi connectivity index (χ0v) is 41.1. The zero-order valence-electron chi connectivity index (χ0n) is 41.1. The lowest BCUT2D eigenvalue weighted by Crippen LogP contribution is -2.44. The number of aliphatic hydroxyl groups excluding tert-OH is 1. The molecule has 0 radical (unpaired) electrons. The fourth-order valence-electron chi connectivity index (χ4n) is 10.2. The molecule has 0 aliphatic carbocycles. The molecular weight excluding hydrogens is 858 g/mol. The fraction of sp³-hybridized carbons (Fsp3) is 0.383. The summed E-state index contributed by atoms with van der Waals surface area (Å²) in [7, 11) is 1.70. The van der Waals surface area contributed by atoms with E-state index in [0.717, 1.165) is 129 Å². The number of nitrogens with zero attached hydrogens (tertiary/aromatic N) is 4. The summed E-state index contributed by atoms with van der Waals surface area (Å²) in [5.41, 5.74) is 7.88. The van der Waals surface area contributed by atoms with Crippen LogP contribution in [0.3, 0.4) is 0 Å². The van der Waals surface area contributed by atoms with Gasteiger partial charge in [-0.1, -0.05) is 142 Å². The molecule has 7 aromatic rings. The molecule has 9 heteroatoms. The van der Waals surface area contributed by atoms with Gasteiger partial charge in [-0.15, -0.1) is 0 Å². The Balaban J connectivity index is 0.000000186. The molecule has 3 N–H and O–H groups in total. The van der Waals surface area contributed by atoms with Crippen LogP contribution >= 0.6 is 0 Å². The van der Waals surface area contributed by atoms with Gasteiger partial charge >= 0.3 is 0 Å². The maximum Gasteiger partial charge on any atom is 0.204 e. The Morgan fingerprint density at radius 2 is 1.23 bits per heavy atom. The van der Waals surface area contributed by atoms with Crippen molar-refractivity contribution in [2.45, 2.75) is 95.4 Å². The maximum absolute atomic E-state index is 13.4. The Morgan fingerprint density at radius 3 is 1.84 bits per heavy atom. The van der Waals surface area contributed by atoms with E-state index in [0.29, 0.717) is 12.6 Å². The molecule has 9 rings (SSSR count). The Hall–Kier alpha value is -5.84. The Bertz CT molecular complexity index is 2580. The highest BCUT2D eigenvalue weighted by molar-refractivity contribution is 5.78. The average Bonchev–Trinajstić information content (AvgIpc) is 3.73. The number of halogens is 1. The molecule has 1 unspecified atom stereocenters. The molecule has 2 fully saturated rings. The number of likely N-dealkylation sites (tertiary alicyclic amines) is 2. The number of para-hydroxylation sites is 2. The van der Waals surface area contributed by atoms with E-state index in [1.165, 1.54) is 23.3 Å². The summed E-state index contributed by atoms with van der Waals surface area (Å²) in [6.45, 7) is 13.4. The monoisotopic (exact) mass is 930 g/mol. The summed E-state index contributed by atoms with van der Waals surface area (Å²) in [5, 5.41) is 26.5. The SMILES string of the molecule is CC(C)(C)c1ccc(C(O)CCCN2CCC(C(O)(c3ccccc3)c3ccccc3)CC2)cc1.COc1ccc(CCN2CCC(Nc3nc4ccccc4n3Cc3ccc(F)cc3)CC2)cc1. The lowest BCUT2D eigenvalue weighted by Gasteiger charge is -2.42. The van der Waals surface area contributed by atoms with Gasteiger partial charge in [0.15, 0.2) is 0 Å². The molecule has 362 valence electrons. The number of nitrogens with one attached hydrogen (secondary N) is 1. The van der Waals surface area contributed by atoms with Crippen molar-refractivity contribution in [1.29, 1.82) is 0 Å². The second-order valence-corrected chi connectivity index (χ2v) is 20.1. The minimum Gasteiger partial charge on any atom is -0.497 e. The van der Waals surface area contributed by atoms with Crippen LogP contribution in [0.5, 0.6) is 5.75 Å². The summed E-state index contributed by atoms with van der Waals surface area (Å²) in [4.78, 5) is 9.92. The van der Waals surface area contributed by atoms with Crippen LogP contribution in [0.1, 0.15) is 98.8 Å². The largest absolute Gasteiger partial charge is 0.497 e. The first-order valence-corrected chi connectivity index (χ1v) is 25.1. The smallest absolute Gasteiger partial charge is 0.204 e. The summed E-state index contributed by atoms with van der Waals surface area (Å²) >= 11 is 0. The highest BCUT2D eigenvalue weighted by Crippen LogP contribution is 2.42. The van der Waals surface area contributed by atoms with Gasteiger partial charge in [0, 0.05) is 25.7 Å². The summed E-state index contributed by atoms with van der Waals surface area (Å²) < 4.78 is 20.8. The van der Waals surface area contributed by atoms with E-state index in [2.05, 4.69) is 107 Å². The summed E-state index contributed by atoms with van der Waals surface area (Å²) in [5.74, 6) is 1.76. The second-order valence-electron chi connectivity index (χ2n) is 20.1. The highest BCUT2D eigenvalue weighted by Gasteiger charge is 2.41. The summed E-state index contributed by atoms with van der Waals surface area (Å²) in [6, 6.07) is 52.4. The first-order chi connectivity index (χ1) is 33.5. The summed E-state index contributed by atoms with van der Waals surface area (Å²) in [6.07, 6.45) is 6.46. The molecule has 1 atom stereocenters. The molecule has 2 saturated heterocycles. The normalized spacial score (nSPS) is 15.9. The van der Waals surface area contributed by atoms with Gasteiger partial charge in [-0.2, -0.15) is 0 Å². The van der Waals surface area contributed by atoms with Crippen LogP contribution in [-0.2, 0) is 24.0 Å². The number of methoxy groups -OCH3 is 1. The van der Waals surface area contributed by atoms with Crippen LogP contribution < -0.4 is 10.1 Å². The number of anilines is 1. The first kappa shape index (κ1) is 49.6. The number of benzene rings is 6. The van der Waals surface area contributed by atoms with Gasteiger partial charge in [-0.25, -0.2) is 9.37 Å². The third kappa shape index (κ3) is 12.9. The van der Waals surface area contributed by atoms with E-state index in [9.17, 15) is 14.6 Å². The number of imidazole rings is 1. The Morgan fingerprint density at radius 1 is 0.667 bits per heavy atom. The third-order valence-corrected chi connectivity index (χ3v) is 14.4. The van der Waals surface area contributed by atoms with Crippen LogP contribution in [-0.4, -0.2) is 82.0 Å². The minimum absolute atomic E-state index is 0.128. The van der Waals surface area contributed by atoms with Gasteiger partial charge in [-0.3, -0.25) is 0 Å². The Labute approximate surface area is 409 Å². The van der Waals surface area contributed by atoms with Crippen molar-refractivity contribution in [2.24, 2.45) is 5.92 Å². The number of ether oxygens (including phenoxy) is 1. The van der Waals surface area contributed by atoms with Crippen LogP contribution in [0.2, 0.25) is 0 Å². The van der Waals surface area contributed by atoms with Crippen LogP contribution in [0.15, 0.2) is 158 Å². The number of hydrogen-bond acceptors (Lipinski definition) is 7. The number of aliphatic hydroxyl groups is 2. The van der Waals surface area contributed by atoms with Gasteiger partial charge in [0.25, 0.3) is 0 Å². The highest BCUT2D eigenvalue weighted by atomic mass is 19.1. The van der Waals surface area contributed by atoms with Gasteiger partial charge < -0.3 is 34.6 Å². The number of aromatic nitrogens is 2. The van der Waals surface area contributed by atoms with Crippen molar-refractivity contribution in [2.75, 3.05) is 51.7 Å². The molecule has 2 aliphatic rings. The topological polar surface area (TPSA) is 86.0 Å². The van der Waals surface area contributed by atoms with Crippen LogP contribution in [0.4, 0.5) is 10.3 Å². The standard InChI is InChI=1S/C32H41NO2.C28H31FN4O/c1-31(2,3)26-18-16-25(17-19-26)30(34)15-10-22-33-23-20-29(21-24-33)32(35,27-11-6-4-7-12-27)28-13-8-5-9-14-28;1-34-25-12-8-21(9-13-25)14-17-32-18-15-24(16-19-32)30-28-31-26-4-2-3-5-27(26)33(28)20-22-6-10-23(29)11-7-22/h4-9,11-14,16-19,29-30,34-35H,10,15,20-24H2,1-3H3;2-13,24H,14-20H2,1H3,(H,30,31). The van der Waals surface area contributed by atoms with E-state index in [1.54, 1.807) is 7.11 Å². The van der Waals surface area contributed by atoms with E-state index in [4.69, 9.17) is 9.72 Å². The van der Waals surface area contributed by atoms with Crippen molar-refractivity contribution in [3.63, 3.8) is 0 Å². The molecule has 0 bridgehead atoms. The average molecular weight is 930 g/mol. The van der Waals surface area contributed by atoms with E-state index < -0.39 is 11.7 Å². The van der Waals surface area contributed by atoms with Gasteiger partial charge in [0.1, 0.15) is 17.2 Å². The van der Waals surface area contributed by atoms with Crippen molar-refractivity contribution in [3.8, 4) is 5.75 Å². The van der Waals surface area contributed by atoms with Crippen molar-refractivity contribution in [1.82, 2.24) is 19.4 Å². The van der Waals surface area contributed by atoms with E-state index in [1.807, 2.05) is 78.9 Å². The van der Waals surface area contributed by atoms with Crippen molar-refractivity contribution in [3.05, 3.63) is 197 Å². The lowest BCUT2D eigenvalue weighted by atomic mass is 9.72.